The summed E-state index contributed by atoms with van der Waals surface area (Å²) < 4.78 is 14.2. The average molecular weight is 378 g/mol. The van der Waals surface area contributed by atoms with E-state index >= 15 is 0 Å². The van der Waals surface area contributed by atoms with Crippen LogP contribution in [0, 0.1) is 11.2 Å². The average Bonchev–Trinajstić information content (AvgIpc) is 2.57. The Hall–Kier alpha value is -1.92. The molecule has 130 valence electrons. The third-order valence-corrected chi connectivity index (χ3v) is 5.64. The zero-order chi connectivity index (χ0) is 18.0. The van der Waals surface area contributed by atoms with E-state index in [2.05, 4.69) is 17.2 Å². The summed E-state index contributed by atoms with van der Waals surface area (Å²) in [4.78, 5) is 16.2. The molecule has 1 atom stereocenters. The second kappa shape index (κ2) is 7.14. The van der Waals surface area contributed by atoms with Gasteiger partial charge in [-0.15, -0.1) is 11.8 Å². The third kappa shape index (κ3) is 3.85. The molecule has 1 aliphatic rings. The zero-order valence-electron chi connectivity index (χ0n) is 13.6. The molecule has 1 amide bonds. The number of rotatable bonds is 3. The van der Waals surface area contributed by atoms with E-state index in [4.69, 9.17) is 17.0 Å². The van der Waals surface area contributed by atoms with Crippen molar-refractivity contribution in [1.29, 1.82) is 5.41 Å². The van der Waals surface area contributed by atoms with Crippen LogP contribution >= 0.6 is 23.4 Å². The van der Waals surface area contributed by atoms with E-state index in [0.29, 0.717) is 11.5 Å². The molecule has 1 aromatic carbocycles. The number of anilines is 1. The van der Waals surface area contributed by atoms with E-state index in [1.54, 1.807) is 23.9 Å². The largest absolute Gasteiger partial charge is 0.319 e. The van der Waals surface area contributed by atoms with Crippen molar-refractivity contribution in [3.8, 4) is 0 Å². The van der Waals surface area contributed by atoms with Gasteiger partial charge in [0.05, 0.1) is 21.3 Å². The molecule has 0 bridgehead atoms. The Kier molecular flexibility index (Phi) is 5.11. The number of halogens is 2. The monoisotopic (exact) mass is 377 g/mol. The molecule has 1 unspecified atom stereocenters. The van der Waals surface area contributed by atoms with E-state index in [1.165, 1.54) is 24.5 Å². The van der Waals surface area contributed by atoms with Gasteiger partial charge >= 0.3 is 0 Å². The lowest BCUT2D eigenvalue weighted by Gasteiger charge is -2.34. The highest BCUT2D eigenvalue weighted by molar-refractivity contribution is 8.13. The predicted octanol–water partition coefficient (Wildman–Crippen LogP) is 4.89. The van der Waals surface area contributed by atoms with Gasteiger partial charge in [0.25, 0.3) is 5.91 Å². The number of thioether (sulfide) groups is 1. The van der Waals surface area contributed by atoms with Gasteiger partial charge in [-0.05, 0) is 41.4 Å². The first kappa shape index (κ1) is 17.9. The number of pyridine rings is 1. The van der Waals surface area contributed by atoms with Crippen LogP contribution < -0.4 is 5.32 Å². The fourth-order valence-corrected chi connectivity index (χ4v) is 4.28. The number of hydrogen-bond acceptors (Lipinski definition) is 4. The Morgan fingerprint density at radius 3 is 2.96 bits per heavy atom. The van der Waals surface area contributed by atoms with E-state index in [1.807, 2.05) is 0 Å². The van der Waals surface area contributed by atoms with Gasteiger partial charge in [0.15, 0.2) is 0 Å². The van der Waals surface area contributed by atoms with Crippen molar-refractivity contribution in [1.82, 2.24) is 4.98 Å². The fourth-order valence-electron chi connectivity index (χ4n) is 2.87. The number of carbonyl (C=O) groups is 1. The van der Waals surface area contributed by atoms with Crippen LogP contribution in [0.2, 0.25) is 5.02 Å². The Balaban J connectivity index is 1.89. The van der Waals surface area contributed by atoms with Crippen LogP contribution in [0.15, 0.2) is 36.7 Å². The van der Waals surface area contributed by atoms with Gasteiger partial charge in [-0.1, -0.05) is 24.6 Å². The predicted molar refractivity (Wildman–Crippen MR) is 100 cm³/mol. The molecule has 2 N–H and O–H groups in total. The molecule has 1 fully saturated rings. The minimum Gasteiger partial charge on any atom is -0.319 e. The quantitative estimate of drug-likeness (QED) is 0.800. The number of benzene rings is 1. The summed E-state index contributed by atoms with van der Waals surface area (Å²) in [6.45, 7) is 2.07. The highest BCUT2D eigenvalue weighted by atomic mass is 35.5. The van der Waals surface area contributed by atoms with Crippen LogP contribution in [-0.4, -0.2) is 21.7 Å². The summed E-state index contributed by atoms with van der Waals surface area (Å²) >= 11 is 7.55. The van der Waals surface area contributed by atoms with Gasteiger partial charge in [-0.25, -0.2) is 4.39 Å². The molecule has 4 nitrogen and oxygen atoms in total. The molecule has 2 aromatic rings. The smallest absolute Gasteiger partial charge is 0.258 e. The van der Waals surface area contributed by atoms with Crippen LogP contribution in [0.5, 0.6) is 0 Å². The van der Waals surface area contributed by atoms with Crippen LogP contribution in [-0.2, 0) is 5.41 Å². The normalized spacial score (nSPS) is 20.4. The second-order valence-electron chi connectivity index (χ2n) is 6.26. The maximum atomic E-state index is 14.2. The van der Waals surface area contributed by atoms with Gasteiger partial charge < -0.3 is 5.32 Å². The first-order valence-corrected chi connectivity index (χ1v) is 9.16. The van der Waals surface area contributed by atoms with Crippen LogP contribution in [0.25, 0.3) is 0 Å². The van der Waals surface area contributed by atoms with Crippen molar-refractivity contribution in [3.63, 3.8) is 0 Å². The molecule has 1 saturated heterocycles. The molecule has 0 aliphatic carbocycles. The fraction of sp³-hybridized carbons (Fsp3) is 0.278. The Bertz CT molecular complexity index is 845. The Morgan fingerprint density at radius 2 is 2.24 bits per heavy atom. The number of hydrogen-bond donors (Lipinski definition) is 2. The van der Waals surface area contributed by atoms with Gasteiger partial charge in [-0.2, -0.15) is 0 Å². The summed E-state index contributed by atoms with van der Waals surface area (Å²) in [5.41, 5.74) is 0.970. The molecule has 25 heavy (non-hydrogen) atoms. The number of aromatic nitrogens is 1. The van der Waals surface area contributed by atoms with Crippen molar-refractivity contribution >= 4 is 40.0 Å². The Labute approximate surface area is 154 Å². The highest BCUT2D eigenvalue weighted by Gasteiger charge is 2.32. The number of amides is 1. The molecule has 3 rings (SSSR count). The Morgan fingerprint density at radius 1 is 1.44 bits per heavy atom. The zero-order valence-corrected chi connectivity index (χ0v) is 15.2. The lowest BCUT2D eigenvalue weighted by Crippen LogP contribution is -2.29. The summed E-state index contributed by atoms with van der Waals surface area (Å²) in [7, 11) is 0. The highest BCUT2D eigenvalue weighted by Crippen LogP contribution is 2.40. The summed E-state index contributed by atoms with van der Waals surface area (Å²) in [5, 5.41) is 11.4. The SMILES string of the molecule is CC1(c2ccc(F)c(NC(=O)c3cnccc3Cl)c2)CCSC(=N)C1. The molecule has 0 radical (unpaired) electrons. The first-order chi connectivity index (χ1) is 11.9. The molecular weight excluding hydrogens is 361 g/mol. The van der Waals surface area contributed by atoms with Crippen LogP contribution in [0.1, 0.15) is 35.7 Å². The van der Waals surface area contributed by atoms with Crippen molar-refractivity contribution in [2.75, 3.05) is 11.1 Å². The van der Waals surface area contributed by atoms with Gasteiger partial charge in [-0.3, -0.25) is 15.2 Å². The number of carbonyl (C=O) groups excluding carboxylic acids is 1. The molecule has 1 aliphatic heterocycles. The molecule has 0 saturated carbocycles. The molecular formula is C18H17ClFN3OS. The third-order valence-electron chi connectivity index (χ3n) is 4.40. The maximum Gasteiger partial charge on any atom is 0.258 e. The molecule has 0 spiro atoms. The topological polar surface area (TPSA) is 65.8 Å². The van der Waals surface area contributed by atoms with Crippen LogP contribution in [0.3, 0.4) is 0 Å². The maximum absolute atomic E-state index is 14.2. The number of nitrogens with one attached hydrogen (secondary N) is 2. The summed E-state index contributed by atoms with van der Waals surface area (Å²) in [6, 6.07) is 6.24. The van der Waals surface area contributed by atoms with Gasteiger partial charge in [0.1, 0.15) is 5.82 Å². The van der Waals surface area contributed by atoms with E-state index < -0.39 is 11.7 Å². The minimum absolute atomic E-state index is 0.105. The molecule has 7 heteroatoms. The van der Waals surface area contributed by atoms with Crippen molar-refractivity contribution < 1.29 is 9.18 Å². The lowest BCUT2D eigenvalue weighted by atomic mass is 9.77. The van der Waals surface area contributed by atoms with E-state index in [0.717, 1.165) is 17.7 Å². The van der Waals surface area contributed by atoms with E-state index in [-0.39, 0.29) is 21.7 Å². The van der Waals surface area contributed by atoms with Crippen molar-refractivity contribution in [2.45, 2.75) is 25.2 Å². The molecule has 1 aromatic heterocycles. The van der Waals surface area contributed by atoms with E-state index in [9.17, 15) is 9.18 Å². The van der Waals surface area contributed by atoms with Gasteiger partial charge in [0, 0.05) is 18.8 Å². The van der Waals surface area contributed by atoms with Crippen LogP contribution in [0.4, 0.5) is 10.1 Å². The minimum atomic E-state index is -0.513. The molecule has 2 heterocycles. The summed E-state index contributed by atoms with van der Waals surface area (Å²) in [6.07, 6.45) is 4.34. The van der Waals surface area contributed by atoms with Gasteiger partial charge in [0.2, 0.25) is 0 Å². The summed E-state index contributed by atoms with van der Waals surface area (Å²) in [5.74, 6) is -0.160. The second-order valence-corrected chi connectivity index (χ2v) is 7.86. The van der Waals surface area contributed by atoms with Crippen molar-refractivity contribution in [2.24, 2.45) is 0 Å². The van der Waals surface area contributed by atoms with Crippen molar-refractivity contribution in [3.05, 3.63) is 58.6 Å². The standard InChI is InChI=1S/C18H17ClFN3OS/c1-18(5-7-25-16(21)9-18)11-2-3-14(20)15(8-11)23-17(24)12-10-22-6-4-13(12)19/h2-4,6,8,10,21H,5,7,9H2,1H3,(H,23,24). The lowest BCUT2D eigenvalue weighted by molar-refractivity contribution is 0.102. The number of nitrogens with zero attached hydrogens (tertiary/aromatic N) is 1. The first-order valence-electron chi connectivity index (χ1n) is 7.80.